The molecular weight excluding hydrogens is 743 g/mol. The Kier molecular flexibility index (Phi) is 31.8. The minimum absolute atomic E-state index is 0.172. The molecule has 0 saturated carbocycles. The standard InChI is InChI=1S/C45H85N3O10/c1-5-7-9-11-13-15-17-19-21-23-25-27-29-35(30-28-26-24-22-20-18-16-14-12-10-8-6-2)42(54)48-37(33-57-45-41(53)40(52)39(51)34(3)58-45)44(56)47-36(43(55)46-4)31-32-38(49)50/h34-37,39-41,45,51-53H,5-33H2,1-4H3,(H,46,55)(H,47,56)(H,48,54)(H,49,50)/t34-,36+,37+,39+,40+,41-,45-/m0/s1. The first-order valence-corrected chi connectivity index (χ1v) is 23.3. The summed E-state index contributed by atoms with van der Waals surface area (Å²) in [6, 6.07) is -2.51. The minimum Gasteiger partial charge on any atom is -0.481 e. The Balaban J connectivity index is 2.93. The zero-order valence-corrected chi connectivity index (χ0v) is 36.9. The van der Waals surface area contributed by atoms with Gasteiger partial charge < -0.3 is 45.9 Å². The zero-order valence-electron chi connectivity index (χ0n) is 36.9. The van der Waals surface area contributed by atoms with E-state index in [-0.39, 0.29) is 24.7 Å². The number of rotatable bonds is 37. The fourth-order valence-electron chi connectivity index (χ4n) is 7.67. The van der Waals surface area contributed by atoms with Crippen molar-refractivity contribution in [2.24, 2.45) is 5.92 Å². The Labute approximate surface area is 350 Å². The Morgan fingerprint density at radius 3 is 1.38 bits per heavy atom. The number of aliphatic hydroxyl groups excluding tert-OH is 3. The molecule has 7 N–H and O–H groups in total. The monoisotopic (exact) mass is 828 g/mol. The first-order chi connectivity index (χ1) is 28.0. The van der Waals surface area contributed by atoms with E-state index in [1.165, 1.54) is 130 Å². The highest BCUT2D eigenvalue weighted by molar-refractivity contribution is 5.92. The zero-order chi connectivity index (χ0) is 43.0. The van der Waals surface area contributed by atoms with Gasteiger partial charge in [-0.05, 0) is 26.2 Å². The maximum Gasteiger partial charge on any atom is 0.303 e. The van der Waals surface area contributed by atoms with Crippen LogP contribution in [0.3, 0.4) is 0 Å². The molecule has 1 aliphatic rings. The molecule has 340 valence electrons. The number of aliphatic hydroxyl groups is 3. The second-order valence-electron chi connectivity index (χ2n) is 16.7. The van der Waals surface area contributed by atoms with Crippen LogP contribution < -0.4 is 16.0 Å². The quantitative estimate of drug-likeness (QED) is 0.0314. The molecule has 0 unspecified atom stereocenters. The molecule has 1 aliphatic heterocycles. The van der Waals surface area contributed by atoms with Gasteiger partial charge in [-0.3, -0.25) is 19.2 Å². The van der Waals surface area contributed by atoms with Crippen LogP contribution in [0.15, 0.2) is 0 Å². The van der Waals surface area contributed by atoms with E-state index in [4.69, 9.17) is 9.47 Å². The number of unbranched alkanes of at least 4 members (excludes halogenated alkanes) is 22. The molecule has 0 aliphatic carbocycles. The molecular formula is C45H85N3O10. The third kappa shape index (κ3) is 24.7. The molecule has 7 atom stereocenters. The average molecular weight is 828 g/mol. The van der Waals surface area contributed by atoms with Crippen molar-refractivity contribution in [3.63, 3.8) is 0 Å². The Morgan fingerprint density at radius 2 is 0.966 bits per heavy atom. The van der Waals surface area contributed by atoms with Crippen LogP contribution in [0, 0.1) is 5.92 Å². The van der Waals surface area contributed by atoms with Crippen LogP contribution in [0.4, 0.5) is 0 Å². The smallest absolute Gasteiger partial charge is 0.303 e. The molecule has 0 aromatic carbocycles. The van der Waals surface area contributed by atoms with Gasteiger partial charge in [0.15, 0.2) is 6.29 Å². The summed E-state index contributed by atoms with van der Waals surface area (Å²) in [5.41, 5.74) is 0. The fourth-order valence-corrected chi connectivity index (χ4v) is 7.67. The van der Waals surface area contributed by atoms with E-state index in [1.54, 1.807) is 0 Å². The number of ether oxygens (including phenoxy) is 2. The van der Waals surface area contributed by atoms with Gasteiger partial charge in [-0.15, -0.1) is 0 Å². The van der Waals surface area contributed by atoms with E-state index in [1.807, 2.05) is 0 Å². The number of amides is 3. The van der Waals surface area contributed by atoms with Gasteiger partial charge in [0.2, 0.25) is 17.7 Å². The lowest BCUT2D eigenvalue weighted by Crippen LogP contribution is -2.59. The summed E-state index contributed by atoms with van der Waals surface area (Å²) in [4.78, 5) is 51.7. The number of hydrogen-bond acceptors (Lipinski definition) is 9. The topological polar surface area (TPSA) is 204 Å². The fraction of sp³-hybridized carbons (Fsp3) is 0.911. The molecule has 0 aromatic heterocycles. The first kappa shape index (κ1) is 53.7. The molecule has 1 saturated heterocycles. The molecule has 0 bridgehead atoms. The molecule has 0 radical (unpaired) electrons. The molecule has 0 aromatic rings. The van der Waals surface area contributed by atoms with Gasteiger partial charge in [-0.2, -0.15) is 0 Å². The molecule has 13 nitrogen and oxygen atoms in total. The van der Waals surface area contributed by atoms with E-state index < -0.39 is 67.2 Å². The maximum absolute atomic E-state index is 14.0. The Morgan fingerprint density at radius 1 is 0.552 bits per heavy atom. The van der Waals surface area contributed by atoms with Crippen molar-refractivity contribution >= 4 is 23.7 Å². The van der Waals surface area contributed by atoms with Crippen molar-refractivity contribution in [3.05, 3.63) is 0 Å². The summed E-state index contributed by atoms with van der Waals surface area (Å²) < 4.78 is 11.3. The number of carbonyl (C=O) groups is 4. The number of hydrogen-bond donors (Lipinski definition) is 7. The first-order valence-electron chi connectivity index (χ1n) is 23.3. The van der Waals surface area contributed by atoms with E-state index in [9.17, 15) is 39.6 Å². The van der Waals surface area contributed by atoms with E-state index >= 15 is 0 Å². The van der Waals surface area contributed by atoms with Gasteiger partial charge in [-0.25, -0.2) is 0 Å². The highest BCUT2D eigenvalue weighted by atomic mass is 16.7. The van der Waals surface area contributed by atoms with Crippen LogP contribution in [0.1, 0.15) is 201 Å². The molecule has 13 heteroatoms. The second-order valence-corrected chi connectivity index (χ2v) is 16.7. The lowest BCUT2D eigenvalue weighted by Gasteiger charge is -2.39. The molecule has 1 fully saturated rings. The lowest BCUT2D eigenvalue weighted by molar-refractivity contribution is -0.293. The number of likely N-dealkylation sites (N-methyl/N-ethyl adjacent to an activating group) is 1. The highest BCUT2D eigenvalue weighted by Crippen LogP contribution is 2.23. The third-order valence-corrected chi connectivity index (χ3v) is 11.6. The highest BCUT2D eigenvalue weighted by Gasteiger charge is 2.43. The number of aliphatic carboxylic acids is 1. The summed E-state index contributed by atoms with van der Waals surface area (Å²) in [6.45, 7) is 5.51. The largest absolute Gasteiger partial charge is 0.481 e. The number of nitrogens with one attached hydrogen (secondary N) is 3. The van der Waals surface area contributed by atoms with Gasteiger partial charge in [-0.1, -0.05) is 168 Å². The maximum atomic E-state index is 14.0. The summed E-state index contributed by atoms with van der Waals surface area (Å²) >= 11 is 0. The van der Waals surface area contributed by atoms with Crippen LogP contribution >= 0.6 is 0 Å². The Bertz CT molecular complexity index is 1050. The number of carboxylic acid groups (broad SMARTS) is 1. The molecule has 58 heavy (non-hydrogen) atoms. The van der Waals surface area contributed by atoms with Gasteiger partial charge in [0.25, 0.3) is 0 Å². The lowest BCUT2D eigenvalue weighted by atomic mass is 9.92. The summed E-state index contributed by atoms with van der Waals surface area (Å²) in [7, 11) is 1.38. The van der Waals surface area contributed by atoms with Gasteiger partial charge in [0.1, 0.15) is 30.4 Å². The minimum atomic E-state index is -1.62. The summed E-state index contributed by atoms with van der Waals surface area (Å²) in [5.74, 6) is -3.15. The third-order valence-electron chi connectivity index (χ3n) is 11.6. The summed E-state index contributed by atoms with van der Waals surface area (Å²) in [6.07, 6.45) is 23.1. The van der Waals surface area contributed by atoms with E-state index in [0.29, 0.717) is 12.8 Å². The van der Waals surface area contributed by atoms with Gasteiger partial charge in [0.05, 0.1) is 12.7 Å². The van der Waals surface area contributed by atoms with E-state index in [0.717, 1.165) is 38.5 Å². The van der Waals surface area contributed by atoms with Gasteiger partial charge >= 0.3 is 5.97 Å². The SMILES string of the molecule is CCCCCCCCCCCCCCC(CCCCCCCCCCCCCC)C(=O)N[C@H](CO[C@H]1O[C@@H](C)[C@@H](O)[C@@H](O)[C@@H]1O)C(=O)N[C@H](CCC(=O)O)C(=O)NC. The summed E-state index contributed by atoms with van der Waals surface area (Å²) in [5, 5.41) is 48.1. The van der Waals surface area contributed by atoms with Crippen LogP contribution in [0.2, 0.25) is 0 Å². The number of carbonyl (C=O) groups excluding carboxylic acids is 3. The van der Waals surface area contributed by atoms with Crippen molar-refractivity contribution in [1.82, 2.24) is 16.0 Å². The van der Waals surface area contributed by atoms with Crippen LogP contribution in [0.5, 0.6) is 0 Å². The Hall–Kier alpha value is -2.32. The molecule has 0 spiro atoms. The molecule has 1 rings (SSSR count). The predicted octanol–water partition coefficient (Wildman–Crippen LogP) is 7.21. The normalized spacial score (nSPS) is 20.4. The average Bonchev–Trinajstić information content (AvgIpc) is 3.21. The second kappa shape index (κ2) is 34.4. The van der Waals surface area contributed by atoms with E-state index in [2.05, 4.69) is 29.8 Å². The van der Waals surface area contributed by atoms with Crippen LogP contribution in [0.25, 0.3) is 0 Å². The predicted molar refractivity (Wildman–Crippen MR) is 228 cm³/mol. The molecule has 3 amide bonds. The van der Waals surface area contributed by atoms with Crippen LogP contribution in [-0.2, 0) is 28.7 Å². The van der Waals surface area contributed by atoms with Gasteiger partial charge in [0, 0.05) is 19.4 Å². The van der Waals surface area contributed by atoms with Crippen molar-refractivity contribution in [1.29, 1.82) is 0 Å². The number of carboxylic acids is 1. The van der Waals surface area contributed by atoms with Crippen molar-refractivity contribution < 1.29 is 49.1 Å². The van der Waals surface area contributed by atoms with Crippen molar-refractivity contribution in [2.75, 3.05) is 13.7 Å². The van der Waals surface area contributed by atoms with Crippen LogP contribution in [-0.4, -0.2) is 101 Å². The van der Waals surface area contributed by atoms with Crippen molar-refractivity contribution in [2.45, 2.75) is 243 Å². The van der Waals surface area contributed by atoms with Crippen molar-refractivity contribution in [3.8, 4) is 0 Å². The molecule has 1 heterocycles.